The minimum absolute atomic E-state index is 0.0801. The third-order valence-corrected chi connectivity index (χ3v) is 7.20. The third kappa shape index (κ3) is 4.90. The zero-order chi connectivity index (χ0) is 21.9. The van der Waals surface area contributed by atoms with Crippen LogP contribution in [0.1, 0.15) is 18.4 Å². The molecular weight excluding hydrogens is 415 g/mol. The number of urea groups is 1. The van der Waals surface area contributed by atoms with E-state index in [9.17, 15) is 22.4 Å². The van der Waals surface area contributed by atoms with Crippen molar-refractivity contribution in [1.29, 1.82) is 0 Å². The molecule has 0 unspecified atom stereocenters. The van der Waals surface area contributed by atoms with Gasteiger partial charge in [-0.1, -0.05) is 6.07 Å². The van der Waals surface area contributed by atoms with Gasteiger partial charge in [0.1, 0.15) is 5.82 Å². The van der Waals surface area contributed by atoms with Crippen molar-refractivity contribution in [3.05, 3.63) is 29.6 Å². The zero-order valence-electron chi connectivity index (χ0n) is 17.1. The summed E-state index contributed by atoms with van der Waals surface area (Å²) in [6.45, 7) is 2.60. The summed E-state index contributed by atoms with van der Waals surface area (Å²) in [4.78, 5) is 27.1. The second-order valence-electron chi connectivity index (χ2n) is 7.53. The molecule has 11 heteroatoms. The maximum Gasteiger partial charge on any atom is 0.319 e. The van der Waals surface area contributed by atoms with E-state index in [1.165, 1.54) is 19.2 Å². The summed E-state index contributed by atoms with van der Waals surface area (Å²) in [5, 5.41) is 5.43. The van der Waals surface area contributed by atoms with Crippen LogP contribution in [0.4, 0.5) is 14.9 Å². The first kappa shape index (κ1) is 22.4. The van der Waals surface area contributed by atoms with E-state index in [-0.39, 0.29) is 24.9 Å². The smallest absolute Gasteiger partial charge is 0.319 e. The highest BCUT2D eigenvalue weighted by molar-refractivity contribution is 7.89. The monoisotopic (exact) mass is 442 g/mol. The minimum Gasteiger partial charge on any atom is -0.385 e. The summed E-state index contributed by atoms with van der Waals surface area (Å²) < 4.78 is 44.5. The van der Waals surface area contributed by atoms with Crippen molar-refractivity contribution in [1.82, 2.24) is 14.5 Å². The lowest BCUT2D eigenvalue weighted by molar-refractivity contribution is -0.130. The summed E-state index contributed by atoms with van der Waals surface area (Å²) in [7, 11) is -2.15. The molecule has 30 heavy (non-hydrogen) atoms. The van der Waals surface area contributed by atoms with Gasteiger partial charge in [-0.05, 0) is 31.9 Å². The Balaban J connectivity index is 1.64. The van der Waals surface area contributed by atoms with Crippen LogP contribution in [0.3, 0.4) is 0 Å². The number of benzene rings is 1. The molecular formula is C19H27FN4O5S. The molecule has 0 radical (unpaired) electrons. The van der Waals surface area contributed by atoms with Gasteiger partial charge < -0.3 is 15.4 Å². The average molecular weight is 443 g/mol. The van der Waals surface area contributed by atoms with Crippen LogP contribution in [-0.2, 0) is 19.6 Å². The molecule has 2 aliphatic heterocycles. The van der Waals surface area contributed by atoms with E-state index in [4.69, 9.17) is 4.74 Å². The predicted molar refractivity (Wildman–Crippen MR) is 109 cm³/mol. The Morgan fingerprint density at radius 2 is 2.13 bits per heavy atom. The first-order valence-corrected chi connectivity index (χ1v) is 11.4. The molecule has 1 aromatic carbocycles. The van der Waals surface area contributed by atoms with Gasteiger partial charge in [0.25, 0.3) is 5.91 Å². The predicted octanol–water partition coefficient (Wildman–Crippen LogP) is 0.907. The second-order valence-corrected chi connectivity index (χ2v) is 9.54. The van der Waals surface area contributed by atoms with Crippen LogP contribution >= 0.6 is 0 Å². The summed E-state index contributed by atoms with van der Waals surface area (Å²) in [6.07, 6.45) is 0.732. The SMILES string of the molecule is COCCCN1C(=O)[C@@H]2C[C@H](NC(=O)Nc3cccc(F)c3C)CN2CCS1(=O)=O. The lowest BCUT2D eigenvalue weighted by atomic mass is 10.1. The summed E-state index contributed by atoms with van der Waals surface area (Å²) in [6, 6.07) is 3.00. The van der Waals surface area contributed by atoms with E-state index in [1.54, 1.807) is 17.9 Å². The van der Waals surface area contributed by atoms with E-state index in [0.717, 1.165) is 4.31 Å². The van der Waals surface area contributed by atoms with Gasteiger partial charge in [-0.3, -0.25) is 9.69 Å². The van der Waals surface area contributed by atoms with Gasteiger partial charge >= 0.3 is 6.03 Å². The molecule has 2 fully saturated rings. The highest BCUT2D eigenvalue weighted by atomic mass is 32.2. The Morgan fingerprint density at radius 1 is 1.37 bits per heavy atom. The number of halogens is 1. The van der Waals surface area contributed by atoms with Crippen molar-refractivity contribution >= 4 is 27.6 Å². The fourth-order valence-corrected chi connectivity index (χ4v) is 5.34. The van der Waals surface area contributed by atoms with Crippen molar-refractivity contribution in [3.63, 3.8) is 0 Å². The number of methoxy groups -OCH3 is 1. The van der Waals surface area contributed by atoms with E-state index in [0.29, 0.717) is 37.2 Å². The van der Waals surface area contributed by atoms with Gasteiger partial charge in [-0.15, -0.1) is 0 Å². The van der Waals surface area contributed by atoms with E-state index < -0.39 is 33.8 Å². The van der Waals surface area contributed by atoms with Crippen LogP contribution in [0, 0.1) is 12.7 Å². The summed E-state index contributed by atoms with van der Waals surface area (Å²) in [5.74, 6) is -1.03. The van der Waals surface area contributed by atoms with E-state index in [1.807, 2.05) is 0 Å². The average Bonchev–Trinajstić information content (AvgIpc) is 3.06. The molecule has 2 aliphatic rings. The highest BCUT2D eigenvalue weighted by Gasteiger charge is 2.45. The van der Waals surface area contributed by atoms with Crippen LogP contribution < -0.4 is 10.6 Å². The van der Waals surface area contributed by atoms with Crippen LogP contribution in [-0.4, -0.2) is 80.7 Å². The van der Waals surface area contributed by atoms with Gasteiger partial charge in [0.05, 0.1) is 11.8 Å². The molecule has 0 spiro atoms. The van der Waals surface area contributed by atoms with Crippen molar-refractivity contribution < 1.29 is 27.1 Å². The number of nitrogens with zero attached hydrogens (tertiary/aromatic N) is 2. The lowest BCUT2D eigenvalue weighted by Crippen LogP contribution is -2.45. The number of anilines is 1. The van der Waals surface area contributed by atoms with Crippen molar-refractivity contribution in [2.24, 2.45) is 0 Å². The lowest BCUT2D eigenvalue weighted by Gasteiger charge is -2.23. The molecule has 2 atom stereocenters. The maximum absolute atomic E-state index is 13.7. The Morgan fingerprint density at radius 3 is 2.87 bits per heavy atom. The molecule has 0 bridgehead atoms. The third-order valence-electron chi connectivity index (χ3n) is 5.47. The van der Waals surface area contributed by atoms with Crippen molar-refractivity contribution in [2.75, 3.05) is 44.4 Å². The Hall–Kier alpha value is -2.24. The molecule has 1 aromatic rings. The number of nitrogens with one attached hydrogen (secondary N) is 2. The molecule has 2 heterocycles. The van der Waals surface area contributed by atoms with Gasteiger partial charge in [-0.2, -0.15) is 0 Å². The van der Waals surface area contributed by atoms with E-state index >= 15 is 0 Å². The van der Waals surface area contributed by atoms with Crippen LogP contribution in [0.2, 0.25) is 0 Å². The van der Waals surface area contributed by atoms with Gasteiger partial charge in [-0.25, -0.2) is 21.9 Å². The van der Waals surface area contributed by atoms with Crippen molar-refractivity contribution in [2.45, 2.75) is 31.8 Å². The number of carbonyl (C=O) groups excluding carboxylic acids is 2. The Kier molecular flexibility index (Phi) is 6.94. The molecule has 3 rings (SSSR count). The molecule has 2 saturated heterocycles. The van der Waals surface area contributed by atoms with Gasteiger partial charge in [0, 0.05) is 50.6 Å². The number of hydrogen-bond donors (Lipinski definition) is 2. The van der Waals surface area contributed by atoms with Gasteiger partial charge in [0.2, 0.25) is 10.0 Å². The summed E-state index contributed by atoms with van der Waals surface area (Å²) in [5.41, 5.74) is 0.701. The highest BCUT2D eigenvalue weighted by Crippen LogP contribution is 2.25. The number of fused-ring (bicyclic) bond motifs is 1. The molecule has 0 aromatic heterocycles. The van der Waals surface area contributed by atoms with E-state index in [2.05, 4.69) is 10.6 Å². The Labute approximate surface area is 175 Å². The Bertz CT molecular complexity index is 910. The summed E-state index contributed by atoms with van der Waals surface area (Å²) >= 11 is 0. The molecule has 166 valence electrons. The van der Waals surface area contributed by atoms with Gasteiger partial charge in [0.15, 0.2) is 0 Å². The van der Waals surface area contributed by atoms with Crippen LogP contribution in [0.25, 0.3) is 0 Å². The molecule has 2 N–H and O–H groups in total. The minimum atomic E-state index is -3.67. The number of sulfonamides is 1. The number of rotatable bonds is 6. The quantitative estimate of drug-likeness (QED) is 0.634. The number of amides is 3. The van der Waals surface area contributed by atoms with Crippen LogP contribution in [0.15, 0.2) is 18.2 Å². The van der Waals surface area contributed by atoms with Crippen LogP contribution in [0.5, 0.6) is 0 Å². The first-order valence-electron chi connectivity index (χ1n) is 9.83. The topological polar surface area (TPSA) is 108 Å². The molecule has 9 nitrogen and oxygen atoms in total. The first-order chi connectivity index (χ1) is 14.2. The normalized spacial score (nSPS) is 23.7. The second kappa shape index (κ2) is 9.27. The standard InChI is InChI=1S/C19H27FN4O5S/c1-13-15(20)5-3-6-16(13)22-19(26)21-14-11-17-18(25)24(7-4-9-29-2)30(27,28)10-8-23(17)12-14/h3,5-6,14,17H,4,7-12H2,1-2H3,(H2,21,22,26)/t14-,17-/m0/s1. The number of ether oxygens (including phenoxy) is 1. The number of carbonyl (C=O) groups is 2. The largest absolute Gasteiger partial charge is 0.385 e. The fourth-order valence-electron chi connectivity index (χ4n) is 3.85. The fraction of sp³-hybridized carbons (Fsp3) is 0.579. The van der Waals surface area contributed by atoms with Crippen molar-refractivity contribution in [3.8, 4) is 0 Å². The molecule has 0 aliphatic carbocycles. The maximum atomic E-state index is 13.7. The molecule has 0 saturated carbocycles. The molecule has 3 amide bonds. The number of hydrogen-bond acceptors (Lipinski definition) is 6. The zero-order valence-corrected chi connectivity index (χ0v) is 17.9.